The summed E-state index contributed by atoms with van der Waals surface area (Å²) in [6.45, 7) is 24.5. The minimum Gasteiger partial charge on any atom is -0.361 e. The Morgan fingerprint density at radius 2 is 1.23 bits per heavy atom. The van der Waals surface area contributed by atoms with Crippen LogP contribution in [0.3, 0.4) is 0 Å². The van der Waals surface area contributed by atoms with E-state index in [4.69, 9.17) is 52.7 Å². The maximum absolute atomic E-state index is 13.1. The van der Waals surface area contributed by atoms with Crippen LogP contribution in [0.4, 0.5) is 0 Å². The second-order valence-corrected chi connectivity index (χ2v) is 33.3. The molecule has 2 aromatic carbocycles. The van der Waals surface area contributed by atoms with Crippen molar-refractivity contribution in [3.8, 4) is 22.8 Å². The van der Waals surface area contributed by atoms with E-state index in [1.807, 2.05) is 77.9 Å². The van der Waals surface area contributed by atoms with Crippen molar-refractivity contribution in [3.05, 3.63) is 82.4 Å². The summed E-state index contributed by atoms with van der Waals surface area (Å²) in [5.41, 5.74) is 7.64. The fourth-order valence-corrected chi connectivity index (χ4v) is 9.68. The SMILES string of the molecule is CC(C)NC(=O)c1cn(COCC[Si](C)(C)C)c2ncc(-c3n[nH]c4cc(Cl)ccc34)nc12.CC(C)NC(=O)c1cn(COCC[Si](C)(C)C)c2ncc(-c3nn(CC4CC4)c4cc(Cl)ccc34)nc12. The molecule has 8 aromatic rings. The van der Waals surface area contributed by atoms with E-state index in [2.05, 4.69) is 65.1 Å². The van der Waals surface area contributed by atoms with Gasteiger partial charge in [-0.25, -0.2) is 19.9 Å². The molecule has 6 heterocycles. The Kier molecular flexibility index (Phi) is 15.3. The lowest BCUT2D eigenvalue weighted by Gasteiger charge is -2.15. The zero-order valence-corrected chi connectivity index (χ0v) is 45.3. The molecule has 1 saturated carbocycles. The number of aromatic amines is 1. The van der Waals surface area contributed by atoms with Crippen LogP contribution in [-0.4, -0.2) is 102 Å². The van der Waals surface area contributed by atoms with Crippen LogP contribution < -0.4 is 10.6 Å². The lowest BCUT2D eigenvalue weighted by atomic mass is 10.1. The molecule has 9 rings (SSSR count). The van der Waals surface area contributed by atoms with Crippen molar-refractivity contribution >= 4 is 95.3 Å². The maximum Gasteiger partial charge on any atom is 0.255 e. The van der Waals surface area contributed by atoms with Gasteiger partial charge in [-0.05, 0) is 94.9 Å². The Labute approximate surface area is 420 Å². The maximum atomic E-state index is 13.1. The smallest absolute Gasteiger partial charge is 0.255 e. The highest BCUT2D eigenvalue weighted by Crippen LogP contribution is 2.35. The molecule has 0 atom stereocenters. The van der Waals surface area contributed by atoms with Crippen molar-refractivity contribution < 1.29 is 19.1 Å². The molecule has 20 heteroatoms. The van der Waals surface area contributed by atoms with Gasteiger partial charge in [-0.1, -0.05) is 62.5 Å². The number of benzene rings is 2. The quantitative estimate of drug-likeness (QED) is 0.0552. The van der Waals surface area contributed by atoms with Crippen LogP contribution in [0.1, 0.15) is 61.3 Å². The Bertz CT molecular complexity index is 3180. The van der Waals surface area contributed by atoms with Crippen molar-refractivity contribution in [3.63, 3.8) is 0 Å². The first-order chi connectivity index (χ1) is 33.2. The molecular formula is C50H64Cl2N12O4Si2. The molecule has 0 radical (unpaired) electrons. The Morgan fingerprint density at radius 3 is 1.73 bits per heavy atom. The van der Waals surface area contributed by atoms with Crippen LogP contribution in [0.5, 0.6) is 0 Å². The van der Waals surface area contributed by atoms with Crippen molar-refractivity contribution in [2.75, 3.05) is 13.2 Å². The first kappa shape index (κ1) is 50.9. The summed E-state index contributed by atoms with van der Waals surface area (Å²) in [5.74, 6) is 0.286. The summed E-state index contributed by atoms with van der Waals surface area (Å²) in [6, 6.07) is 13.5. The number of carbonyl (C=O) groups excluding carboxylic acids is 2. The average molecular weight is 1020 g/mol. The molecule has 0 aliphatic heterocycles. The van der Waals surface area contributed by atoms with E-state index in [0.29, 0.717) is 93.2 Å². The number of hydrogen-bond acceptors (Lipinski definition) is 10. The molecule has 1 aliphatic carbocycles. The standard InChI is InChI=1S/C27H35ClN6O2Si.C23H29ClN6O2Si/c1-17(2)30-27(35)21-15-33(16-36-10-11-37(3,4)5)26-25(21)31-22(13-29-26)24-20-9-8-19(28)12-23(20)34(32-24)14-18-6-7-18;1-14(2)26-23(31)17-12-30(13-32-8-9-33(3,4)5)22-21(17)27-19(11-25-22)20-16-7-6-15(24)10-18(16)28-29-20/h8-9,12-13,15,17-18H,6-7,10-11,14,16H2,1-5H3,(H,30,35);6-7,10-12,14H,8-9,13H2,1-5H3,(H,26,31)(H,28,29). The van der Waals surface area contributed by atoms with Crippen LogP contribution in [0.25, 0.3) is 66.9 Å². The minimum atomic E-state index is -1.20. The first-order valence-electron chi connectivity index (χ1n) is 24.0. The van der Waals surface area contributed by atoms with Crippen LogP contribution in [0, 0.1) is 5.92 Å². The van der Waals surface area contributed by atoms with Gasteiger partial charge in [0.05, 0.1) is 34.6 Å². The third-order valence-corrected chi connectivity index (χ3v) is 15.6. The lowest BCUT2D eigenvalue weighted by molar-refractivity contribution is 0.0886. The zero-order valence-electron chi connectivity index (χ0n) is 41.8. The average Bonchev–Trinajstić information content (AvgIpc) is 3.56. The number of hydrogen-bond donors (Lipinski definition) is 3. The summed E-state index contributed by atoms with van der Waals surface area (Å²) in [5, 5.41) is 21.4. The second kappa shape index (κ2) is 21.1. The molecule has 0 unspecified atom stereocenters. The van der Waals surface area contributed by atoms with Gasteiger partial charge in [-0.2, -0.15) is 10.2 Å². The topological polar surface area (TPSA) is 185 Å². The molecular weight excluding hydrogens is 960 g/mol. The predicted octanol–water partition coefficient (Wildman–Crippen LogP) is 11.0. The number of nitrogens with zero attached hydrogens (tertiary/aromatic N) is 9. The van der Waals surface area contributed by atoms with Crippen LogP contribution >= 0.6 is 23.2 Å². The Morgan fingerprint density at radius 1 is 0.729 bits per heavy atom. The molecule has 0 saturated heterocycles. The fraction of sp³-hybridized carbons (Fsp3) is 0.440. The predicted molar refractivity (Wildman–Crippen MR) is 285 cm³/mol. The van der Waals surface area contributed by atoms with Gasteiger partial charge in [0, 0.05) is 81.2 Å². The van der Waals surface area contributed by atoms with Crippen LogP contribution in [-0.2, 0) is 29.5 Å². The monoisotopic (exact) mass is 1020 g/mol. The molecule has 6 aromatic heterocycles. The highest BCUT2D eigenvalue weighted by molar-refractivity contribution is 6.76. The summed E-state index contributed by atoms with van der Waals surface area (Å²) in [7, 11) is -2.39. The van der Waals surface area contributed by atoms with Gasteiger partial charge in [-0.3, -0.25) is 19.4 Å². The van der Waals surface area contributed by atoms with Crippen molar-refractivity contribution in [2.24, 2.45) is 5.92 Å². The van der Waals surface area contributed by atoms with Gasteiger partial charge < -0.3 is 29.2 Å². The number of halogens is 2. The van der Waals surface area contributed by atoms with E-state index in [1.54, 1.807) is 24.8 Å². The normalized spacial score (nSPS) is 13.3. The molecule has 0 spiro atoms. The Balaban J connectivity index is 0.000000190. The van der Waals surface area contributed by atoms with Crippen molar-refractivity contribution in [2.45, 2.75) is 124 Å². The number of amides is 2. The summed E-state index contributed by atoms with van der Waals surface area (Å²) >= 11 is 12.4. The fourth-order valence-electron chi connectivity index (χ4n) is 7.83. The molecule has 70 heavy (non-hydrogen) atoms. The first-order valence-corrected chi connectivity index (χ1v) is 32.2. The summed E-state index contributed by atoms with van der Waals surface area (Å²) in [6.07, 6.45) is 9.43. The van der Waals surface area contributed by atoms with E-state index in [1.165, 1.54) is 12.8 Å². The van der Waals surface area contributed by atoms with E-state index >= 15 is 0 Å². The third-order valence-electron chi connectivity index (χ3n) is 11.8. The molecule has 1 aliphatic rings. The summed E-state index contributed by atoms with van der Waals surface area (Å²) < 4.78 is 17.6. The van der Waals surface area contributed by atoms with E-state index in [-0.39, 0.29) is 23.9 Å². The molecule has 1 fully saturated rings. The highest BCUT2D eigenvalue weighted by atomic mass is 35.5. The number of carbonyl (C=O) groups is 2. The summed E-state index contributed by atoms with van der Waals surface area (Å²) in [4.78, 5) is 45.2. The van der Waals surface area contributed by atoms with Gasteiger partial charge in [0.1, 0.15) is 47.3 Å². The number of aromatic nitrogens is 10. The number of ether oxygens (including phenoxy) is 2. The lowest BCUT2D eigenvalue weighted by Crippen LogP contribution is -2.30. The number of H-pyrrole nitrogens is 1. The van der Waals surface area contributed by atoms with Crippen molar-refractivity contribution in [1.82, 2.24) is 59.7 Å². The number of nitrogens with one attached hydrogen (secondary N) is 3. The Hall–Kier alpha value is -5.51. The van der Waals surface area contributed by atoms with E-state index < -0.39 is 16.1 Å². The molecule has 16 nitrogen and oxygen atoms in total. The largest absolute Gasteiger partial charge is 0.361 e. The third kappa shape index (κ3) is 12.3. The molecule has 370 valence electrons. The minimum absolute atomic E-state index is 0.0000636. The second-order valence-electron chi connectivity index (χ2n) is 21.2. The molecule has 0 bridgehead atoms. The van der Waals surface area contributed by atoms with Gasteiger partial charge >= 0.3 is 0 Å². The van der Waals surface area contributed by atoms with Crippen LogP contribution in [0.15, 0.2) is 61.2 Å². The van der Waals surface area contributed by atoms with E-state index in [9.17, 15) is 9.59 Å². The van der Waals surface area contributed by atoms with Gasteiger partial charge in [-0.15, -0.1) is 0 Å². The number of fused-ring (bicyclic) bond motifs is 4. The number of rotatable bonds is 18. The van der Waals surface area contributed by atoms with Crippen molar-refractivity contribution in [1.29, 1.82) is 0 Å². The van der Waals surface area contributed by atoms with Gasteiger partial charge in [0.2, 0.25) is 0 Å². The van der Waals surface area contributed by atoms with E-state index in [0.717, 1.165) is 46.1 Å². The van der Waals surface area contributed by atoms with Gasteiger partial charge in [0.15, 0.2) is 11.3 Å². The zero-order chi connectivity index (χ0) is 50.1. The van der Waals surface area contributed by atoms with Crippen LogP contribution in [0.2, 0.25) is 61.4 Å². The van der Waals surface area contributed by atoms with Gasteiger partial charge in [0.25, 0.3) is 11.8 Å². The molecule has 2 amide bonds. The highest BCUT2D eigenvalue weighted by Gasteiger charge is 2.26. The molecule has 3 N–H and O–H groups in total.